The molecule has 0 fully saturated rings. The van der Waals surface area contributed by atoms with E-state index in [-0.39, 0.29) is 22.8 Å². The van der Waals surface area contributed by atoms with Crippen LogP contribution < -0.4 is 0 Å². The maximum Gasteiger partial charge on any atom is 0.336 e. The summed E-state index contributed by atoms with van der Waals surface area (Å²) in [4.78, 5) is 10.9. The van der Waals surface area contributed by atoms with Crippen molar-refractivity contribution in [2.75, 3.05) is 12.4 Å². The minimum atomic E-state index is -3.50. The number of carboxylic acids is 1. The second-order valence-corrected chi connectivity index (χ2v) is 6.66. The molecule has 0 saturated carbocycles. The number of halogens is 1. The van der Waals surface area contributed by atoms with Gasteiger partial charge in [0.2, 0.25) is 0 Å². The molecule has 0 aliphatic rings. The summed E-state index contributed by atoms with van der Waals surface area (Å²) in [6, 6.07) is 3.91. The van der Waals surface area contributed by atoms with Crippen LogP contribution in [0.15, 0.2) is 27.6 Å². The van der Waals surface area contributed by atoms with Crippen molar-refractivity contribution in [3.8, 4) is 0 Å². The van der Waals surface area contributed by atoms with Crippen LogP contribution in [0.5, 0.6) is 0 Å². The van der Waals surface area contributed by atoms with Gasteiger partial charge in [0.15, 0.2) is 9.84 Å². The van der Waals surface area contributed by atoms with Crippen molar-refractivity contribution in [1.29, 1.82) is 0 Å². The zero-order valence-electron chi connectivity index (χ0n) is 9.47. The molecule has 0 atom stereocenters. The molecule has 0 spiro atoms. The van der Waals surface area contributed by atoms with Crippen molar-refractivity contribution >= 4 is 31.7 Å². The fourth-order valence-corrected chi connectivity index (χ4v) is 3.19. The quantitative estimate of drug-likeness (QED) is 0.771. The van der Waals surface area contributed by atoms with Gasteiger partial charge in [0.25, 0.3) is 0 Å². The van der Waals surface area contributed by atoms with Gasteiger partial charge >= 0.3 is 5.97 Å². The predicted molar refractivity (Wildman–Crippen MR) is 69.5 cm³/mol. The van der Waals surface area contributed by atoms with E-state index >= 15 is 0 Å². The van der Waals surface area contributed by atoms with E-state index in [0.717, 1.165) is 6.07 Å². The number of carboxylic acid groups (broad SMARTS) is 1. The molecule has 18 heavy (non-hydrogen) atoms. The van der Waals surface area contributed by atoms with Gasteiger partial charge in [0.1, 0.15) is 0 Å². The van der Waals surface area contributed by atoms with Crippen molar-refractivity contribution in [1.82, 2.24) is 0 Å². The Morgan fingerprint density at radius 3 is 2.50 bits per heavy atom. The number of unbranched alkanes of at least 4 members (excludes halogenated alkanes) is 1. The Balaban J connectivity index is 3.02. The highest BCUT2D eigenvalue weighted by Gasteiger charge is 2.17. The van der Waals surface area contributed by atoms with Crippen molar-refractivity contribution in [3.05, 3.63) is 28.2 Å². The molecule has 0 unspecified atom stereocenters. The van der Waals surface area contributed by atoms with Gasteiger partial charge in [-0.15, -0.1) is 0 Å². The topological polar surface area (TPSA) is 91.7 Å². The number of aliphatic hydroxyl groups is 1. The summed E-state index contributed by atoms with van der Waals surface area (Å²) >= 11 is 3.05. The molecule has 2 N–H and O–H groups in total. The second-order valence-electron chi connectivity index (χ2n) is 3.70. The van der Waals surface area contributed by atoms with E-state index in [4.69, 9.17) is 10.2 Å². The van der Waals surface area contributed by atoms with E-state index in [9.17, 15) is 13.2 Å². The Labute approximate surface area is 113 Å². The first-order chi connectivity index (χ1) is 8.38. The molecule has 0 radical (unpaired) electrons. The SMILES string of the molecule is O=C(O)c1cc(S(=O)(=O)CCCCO)ccc1Br. The monoisotopic (exact) mass is 336 g/mol. The number of carbonyl (C=O) groups is 1. The van der Waals surface area contributed by atoms with E-state index in [2.05, 4.69) is 15.9 Å². The summed E-state index contributed by atoms with van der Waals surface area (Å²) in [5.41, 5.74) is -0.0850. The number of benzene rings is 1. The number of hydrogen-bond donors (Lipinski definition) is 2. The maximum absolute atomic E-state index is 11.9. The number of aromatic carboxylic acids is 1. The molecular weight excluding hydrogens is 324 g/mol. The molecule has 0 bridgehead atoms. The zero-order valence-corrected chi connectivity index (χ0v) is 11.9. The fourth-order valence-electron chi connectivity index (χ4n) is 1.38. The van der Waals surface area contributed by atoms with E-state index < -0.39 is 15.8 Å². The van der Waals surface area contributed by atoms with Gasteiger partial charge in [-0.1, -0.05) is 0 Å². The number of rotatable bonds is 6. The van der Waals surface area contributed by atoms with Gasteiger partial charge in [-0.2, -0.15) is 0 Å². The van der Waals surface area contributed by atoms with Crippen LogP contribution >= 0.6 is 15.9 Å². The molecular formula is C11H13BrO5S. The largest absolute Gasteiger partial charge is 0.478 e. The molecule has 0 heterocycles. The molecule has 7 heteroatoms. The van der Waals surface area contributed by atoms with Crippen LogP contribution in [-0.4, -0.2) is 37.0 Å². The summed E-state index contributed by atoms with van der Waals surface area (Å²) in [5.74, 6) is -1.29. The minimum Gasteiger partial charge on any atom is -0.478 e. The normalized spacial score (nSPS) is 11.4. The molecule has 0 aromatic heterocycles. The first-order valence-corrected chi connectivity index (χ1v) is 7.69. The third kappa shape index (κ3) is 3.79. The fraction of sp³-hybridized carbons (Fsp3) is 0.364. The van der Waals surface area contributed by atoms with E-state index in [1.54, 1.807) is 0 Å². The Bertz CT molecular complexity index is 538. The van der Waals surface area contributed by atoms with Gasteiger partial charge in [0.05, 0.1) is 16.2 Å². The van der Waals surface area contributed by atoms with Crippen LogP contribution in [0.3, 0.4) is 0 Å². The summed E-state index contributed by atoms with van der Waals surface area (Å²) in [5, 5.41) is 17.5. The van der Waals surface area contributed by atoms with Crippen molar-refractivity contribution in [2.24, 2.45) is 0 Å². The smallest absolute Gasteiger partial charge is 0.336 e. The Hall–Kier alpha value is -0.920. The van der Waals surface area contributed by atoms with Gasteiger partial charge in [-0.25, -0.2) is 13.2 Å². The van der Waals surface area contributed by atoms with Gasteiger partial charge in [-0.3, -0.25) is 0 Å². The molecule has 100 valence electrons. The second kappa shape index (κ2) is 6.31. The molecule has 1 aromatic rings. The van der Waals surface area contributed by atoms with Crippen LogP contribution in [0.1, 0.15) is 23.2 Å². The predicted octanol–water partition coefficient (Wildman–Crippen LogP) is 1.69. The van der Waals surface area contributed by atoms with E-state index in [0.29, 0.717) is 17.3 Å². The number of aliphatic hydroxyl groups excluding tert-OH is 1. The lowest BCUT2D eigenvalue weighted by Crippen LogP contribution is -2.09. The highest BCUT2D eigenvalue weighted by molar-refractivity contribution is 9.10. The molecule has 5 nitrogen and oxygen atoms in total. The molecule has 0 saturated heterocycles. The average molecular weight is 337 g/mol. The van der Waals surface area contributed by atoms with Crippen LogP contribution in [0.2, 0.25) is 0 Å². The van der Waals surface area contributed by atoms with Crippen LogP contribution in [0, 0.1) is 0 Å². The third-order valence-corrected chi connectivity index (χ3v) is 4.84. The zero-order chi connectivity index (χ0) is 13.8. The highest BCUT2D eigenvalue weighted by atomic mass is 79.9. The van der Waals surface area contributed by atoms with Crippen LogP contribution in [0.25, 0.3) is 0 Å². The first kappa shape index (κ1) is 15.1. The van der Waals surface area contributed by atoms with E-state index in [1.165, 1.54) is 12.1 Å². The maximum atomic E-state index is 11.9. The lowest BCUT2D eigenvalue weighted by Gasteiger charge is -2.06. The highest BCUT2D eigenvalue weighted by Crippen LogP contribution is 2.22. The summed E-state index contributed by atoms with van der Waals surface area (Å²) in [7, 11) is -3.50. The average Bonchev–Trinajstić information content (AvgIpc) is 2.29. The van der Waals surface area contributed by atoms with Crippen molar-refractivity contribution < 1.29 is 23.4 Å². The Morgan fingerprint density at radius 1 is 1.28 bits per heavy atom. The van der Waals surface area contributed by atoms with Crippen molar-refractivity contribution in [2.45, 2.75) is 17.7 Å². The first-order valence-electron chi connectivity index (χ1n) is 5.25. The summed E-state index contributed by atoms with van der Waals surface area (Å²) in [6.45, 7) is -0.0593. The van der Waals surface area contributed by atoms with Gasteiger partial charge < -0.3 is 10.2 Å². The van der Waals surface area contributed by atoms with E-state index in [1.807, 2.05) is 0 Å². The lowest BCUT2D eigenvalue weighted by molar-refractivity contribution is 0.0695. The molecule has 1 aromatic carbocycles. The molecule has 0 amide bonds. The summed E-state index contributed by atoms with van der Waals surface area (Å²) < 4.78 is 24.1. The lowest BCUT2D eigenvalue weighted by atomic mass is 10.2. The Kier molecular flexibility index (Phi) is 5.30. The Morgan fingerprint density at radius 2 is 1.94 bits per heavy atom. The van der Waals surface area contributed by atoms with Crippen molar-refractivity contribution in [3.63, 3.8) is 0 Å². The minimum absolute atomic E-state index is 0.0129. The third-order valence-electron chi connectivity index (χ3n) is 2.35. The van der Waals surface area contributed by atoms with Gasteiger partial charge in [-0.05, 0) is 47.0 Å². The standard InChI is InChI=1S/C11H13BrO5S/c12-10-4-3-8(7-9(10)11(14)15)18(16,17)6-2-1-5-13/h3-4,7,13H,1-2,5-6H2,(H,14,15). The summed E-state index contributed by atoms with van der Waals surface area (Å²) in [6.07, 6.45) is 0.749. The van der Waals surface area contributed by atoms with Crippen LogP contribution in [-0.2, 0) is 9.84 Å². The van der Waals surface area contributed by atoms with Crippen LogP contribution in [0.4, 0.5) is 0 Å². The number of sulfone groups is 1. The molecule has 1 rings (SSSR count). The van der Waals surface area contributed by atoms with Gasteiger partial charge in [0, 0.05) is 11.1 Å². The molecule has 0 aliphatic carbocycles. The molecule has 0 aliphatic heterocycles. The number of hydrogen-bond acceptors (Lipinski definition) is 4.